The lowest BCUT2D eigenvalue weighted by atomic mass is 9.85. The van der Waals surface area contributed by atoms with Gasteiger partial charge in [0.25, 0.3) is 5.69 Å². The Morgan fingerprint density at radius 1 is 1.44 bits per heavy atom. The summed E-state index contributed by atoms with van der Waals surface area (Å²) < 4.78 is 38.1. The molecule has 1 fully saturated rings. The second kappa shape index (κ2) is 7.26. The predicted molar refractivity (Wildman–Crippen MR) is 83.4 cm³/mol. The minimum atomic E-state index is -4.65. The summed E-state index contributed by atoms with van der Waals surface area (Å²) in [6.45, 7) is 2.31. The quantitative estimate of drug-likeness (QED) is 0.573. The Bertz CT molecular complexity index is 660. The summed E-state index contributed by atoms with van der Waals surface area (Å²) >= 11 is 0. The zero-order chi connectivity index (χ0) is 18.8. The molecule has 0 aromatic heterocycles. The number of carboxylic acids is 1. The van der Waals surface area contributed by atoms with Crippen LogP contribution in [0.25, 0.3) is 0 Å². The van der Waals surface area contributed by atoms with E-state index in [1.807, 2.05) is 6.92 Å². The average Bonchev–Trinajstić information content (AvgIpc) is 2.47. The summed E-state index contributed by atoms with van der Waals surface area (Å²) in [5.74, 6) is -0.934. The molecule has 138 valence electrons. The van der Waals surface area contributed by atoms with E-state index < -0.39 is 28.3 Å². The number of nitro groups is 1. The second-order valence-corrected chi connectivity index (χ2v) is 5.91. The number of hydrogen-bond donors (Lipinski definition) is 2. The predicted octanol–water partition coefficient (Wildman–Crippen LogP) is 2.96. The van der Waals surface area contributed by atoms with Crippen LogP contribution in [0.3, 0.4) is 0 Å². The standard InChI is InChI=1S/C15H18F3N3O4/c1-2-20(8-14(22)23)11-6-10(7-11)19-12-4-3-9(15(16,17)18)5-13(12)21(24)25/h3-5,10-11,19H,2,6-8H2,1H3,(H,22,23). The van der Waals surface area contributed by atoms with Crippen LogP contribution in [0.15, 0.2) is 18.2 Å². The SMILES string of the molecule is CCN(CC(=O)O)C1CC(Nc2ccc(C(F)(F)F)cc2[N+](=O)[O-])C1. The molecule has 0 aliphatic heterocycles. The molecule has 25 heavy (non-hydrogen) atoms. The van der Waals surface area contributed by atoms with Crippen LogP contribution in [0.5, 0.6) is 0 Å². The number of likely N-dealkylation sites (N-methyl/N-ethyl adjacent to an activating group) is 1. The fraction of sp³-hybridized carbons (Fsp3) is 0.533. The Kier molecular flexibility index (Phi) is 5.51. The van der Waals surface area contributed by atoms with Gasteiger partial charge in [-0.2, -0.15) is 13.2 Å². The van der Waals surface area contributed by atoms with Gasteiger partial charge in [0.1, 0.15) is 5.69 Å². The van der Waals surface area contributed by atoms with Gasteiger partial charge in [-0.05, 0) is 31.5 Å². The first-order valence-electron chi connectivity index (χ1n) is 7.69. The molecule has 10 heteroatoms. The molecule has 0 spiro atoms. The number of alkyl halides is 3. The van der Waals surface area contributed by atoms with Gasteiger partial charge in [0.2, 0.25) is 0 Å². The van der Waals surface area contributed by atoms with Crippen LogP contribution >= 0.6 is 0 Å². The van der Waals surface area contributed by atoms with Gasteiger partial charge in [0.15, 0.2) is 0 Å². The topological polar surface area (TPSA) is 95.7 Å². The highest BCUT2D eigenvalue weighted by Crippen LogP contribution is 2.37. The van der Waals surface area contributed by atoms with Gasteiger partial charge in [-0.15, -0.1) is 0 Å². The first kappa shape index (κ1) is 19.0. The maximum Gasteiger partial charge on any atom is 0.416 e. The van der Waals surface area contributed by atoms with Crippen molar-refractivity contribution in [1.29, 1.82) is 0 Å². The lowest BCUT2D eigenvalue weighted by Gasteiger charge is -2.42. The van der Waals surface area contributed by atoms with E-state index in [0.29, 0.717) is 25.5 Å². The van der Waals surface area contributed by atoms with E-state index in [9.17, 15) is 28.1 Å². The van der Waals surface area contributed by atoms with E-state index in [-0.39, 0.29) is 24.3 Å². The summed E-state index contributed by atoms with van der Waals surface area (Å²) in [7, 11) is 0. The van der Waals surface area contributed by atoms with Crippen LogP contribution in [0.2, 0.25) is 0 Å². The minimum Gasteiger partial charge on any atom is -0.480 e. The maximum absolute atomic E-state index is 12.7. The molecule has 0 atom stereocenters. The van der Waals surface area contributed by atoms with E-state index in [4.69, 9.17) is 5.11 Å². The van der Waals surface area contributed by atoms with Crippen molar-refractivity contribution in [3.05, 3.63) is 33.9 Å². The van der Waals surface area contributed by atoms with E-state index in [2.05, 4.69) is 5.32 Å². The summed E-state index contributed by atoms with van der Waals surface area (Å²) in [6, 6.07) is 2.26. The largest absolute Gasteiger partial charge is 0.480 e. The van der Waals surface area contributed by atoms with Gasteiger partial charge in [-0.1, -0.05) is 6.92 Å². The third-order valence-electron chi connectivity index (χ3n) is 4.26. The van der Waals surface area contributed by atoms with Gasteiger partial charge in [0.05, 0.1) is 17.0 Å². The lowest BCUT2D eigenvalue weighted by Crippen LogP contribution is -2.51. The first-order chi connectivity index (χ1) is 11.6. The molecule has 0 unspecified atom stereocenters. The molecule has 2 rings (SSSR count). The summed E-state index contributed by atoms with van der Waals surface area (Å²) in [6.07, 6.45) is -3.51. The molecular weight excluding hydrogens is 343 g/mol. The molecule has 1 aliphatic rings. The third kappa shape index (κ3) is 4.59. The Morgan fingerprint density at radius 2 is 2.08 bits per heavy atom. The number of carboxylic acid groups (broad SMARTS) is 1. The summed E-state index contributed by atoms with van der Waals surface area (Å²) in [4.78, 5) is 22.8. The van der Waals surface area contributed by atoms with Crippen molar-refractivity contribution in [2.24, 2.45) is 0 Å². The number of nitrogens with one attached hydrogen (secondary N) is 1. The molecule has 1 saturated carbocycles. The van der Waals surface area contributed by atoms with Crippen molar-refractivity contribution < 1.29 is 28.0 Å². The monoisotopic (exact) mass is 361 g/mol. The number of carbonyl (C=O) groups is 1. The molecule has 0 saturated heterocycles. The number of halogens is 3. The molecule has 0 radical (unpaired) electrons. The van der Waals surface area contributed by atoms with Crippen LogP contribution in [0, 0.1) is 10.1 Å². The first-order valence-corrected chi connectivity index (χ1v) is 7.69. The number of anilines is 1. The molecule has 2 N–H and O–H groups in total. The second-order valence-electron chi connectivity index (χ2n) is 5.91. The fourth-order valence-corrected chi connectivity index (χ4v) is 2.88. The third-order valence-corrected chi connectivity index (χ3v) is 4.26. The van der Waals surface area contributed by atoms with Crippen molar-refractivity contribution in [3.8, 4) is 0 Å². The zero-order valence-corrected chi connectivity index (χ0v) is 13.4. The van der Waals surface area contributed by atoms with Crippen molar-refractivity contribution in [2.75, 3.05) is 18.4 Å². The molecular formula is C15H18F3N3O4. The molecule has 0 amide bonds. The Morgan fingerprint density at radius 3 is 2.56 bits per heavy atom. The number of aliphatic carboxylic acids is 1. The van der Waals surface area contributed by atoms with Gasteiger partial charge in [-0.25, -0.2) is 0 Å². The number of hydrogen-bond acceptors (Lipinski definition) is 5. The minimum absolute atomic E-state index is 0.0303. The Balaban J connectivity index is 2.05. The molecule has 1 aromatic rings. The molecule has 0 bridgehead atoms. The molecule has 0 heterocycles. The van der Waals surface area contributed by atoms with Gasteiger partial charge in [0, 0.05) is 18.2 Å². The number of nitro benzene ring substituents is 1. The van der Waals surface area contributed by atoms with Crippen molar-refractivity contribution in [3.63, 3.8) is 0 Å². The molecule has 7 nitrogen and oxygen atoms in total. The van der Waals surface area contributed by atoms with E-state index in [1.165, 1.54) is 0 Å². The average molecular weight is 361 g/mol. The number of benzene rings is 1. The van der Waals surface area contributed by atoms with E-state index in [1.54, 1.807) is 4.90 Å². The van der Waals surface area contributed by atoms with E-state index >= 15 is 0 Å². The normalized spacial score (nSPS) is 20.2. The maximum atomic E-state index is 12.7. The van der Waals surface area contributed by atoms with Crippen LogP contribution in [-0.2, 0) is 11.0 Å². The van der Waals surface area contributed by atoms with E-state index in [0.717, 1.165) is 12.1 Å². The fourth-order valence-electron chi connectivity index (χ4n) is 2.88. The van der Waals surface area contributed by atoms with Crippen LogP contribution in [0.1, 0.15) is 25.3 Å². The van der Waals surface area contributed by atoms with Crippen molar-refractivity contribution >= 4 is 17.3 Å². The summed E-state index contributed by atoms with van der Waals surface area (Å²) in [5, 5.41) is 22.8. The Labute approximate surface area is 141 Å². The Hall–Kier alpha value is -2.36. The highest BCUT2D eigenvalue weighted by molar-refractivity contribution is 5.69. The highest BCUT2D eigenvalue weighted by atomic mass is 19.4. The number of rotatable bonds is 7. The lowest BCUT2D eigenvalue weighted by molar-refractivity contribution is -0.384. The molecule has 1 aromatic carbocycles. The van der Waals surface area contributed by atoms with Crippen LogP contribution in [0.4, 0.5) is 24.5 Å². The summed E-state index contributed by atoms with van der Waals surface area (Å²) in [5.41, 5.74) is -1.67. The van der Waals surface area contributed by atoms with Gasteiger partial charge >= 0.3 is 12.1 Å². The van der Waals surface area contributed by atoms with Crippen LogP contribution in [-0.4, -0.2) is 46.1 Å². The van der Waals surface area contributed by atoms with Crippen molar-refractivity contribution in [2.45, 2.75) is 38.0 Å². The molecule has 1 aliphatic carbocycles. The zero-order valence-electron chi connectivity index (χ0n) is 13.4. The smallest absolute Gasteiger partial charge is 0.416 e. The van der Waals surface area contributed by atoms with Gasteiger partial charge in [-0.3, -0.25) is 19.8 Å². The van der Waals surface area contributed by atoms with Gasteiger partial charge < -0.3 is 10.4 Å². The highest BCUT2D eigenvalue weighted by Gasteiger charge is 2.36. The number of nitrogens with zero attached hydrogens (tertiary/aromatic N) is 2. The van der Waals surface area contributed by atoms with Crippen molar-refractivity contribution in [1.82, 2.24) is 4.90 Å². The van der Waals surface area contributed by atoms with Crippen LogP contribution < -0.4 is 5.32 Å².